The molecular weight excluding hydrogens is 232 g/mol. The van der Waals surface area contributed by atoms with Gasteiger partial charge in [-0.2, -0.15) is 0 Å². The van der Waals surface area contributed by atoms with Crippen molar-refractivity contribution in [3.05, 3.63) is 0 Å². The summed E-state index contributed by atoms with van der Waals surface area (Å²) in [5.74, 6) is 0.820. The first kappa shape index (κ1) is 19.0. The van der Waals surface area contributed by atoms with Crippen molar-refractivity contribution in [1.82, 2.24) is 0 Å². The normalized spacial score (nSPS) is 11.4. The zero-order valence-electron chi connectivity index (χ0n) is 13.9. The summed E-state index contributed by atoms with van der Waals surface area (Å²) < 4.78 is 5.66. The molecule has 0 spiro atoms. The molecule has 0 amide bonds. The summed E-state index contributed by atoms with van der Waals surface area (Å²) in [6.07, 6.45) is 16.6. The van der Waals surface area contributed by atoms with Crippen LogP contribution in [0, 0.1) is 5.92 Å². The van der Waals surface area contributed by atoms with Crippen LogP contribution in [-0.2, 0) is 4.74 Å². The van der Waals surface area contributed by atoms with Gasteiger partial charge >= 0.3 is 0 Å². The maximum atomic E-state index is 5.66. The molecule has 0 saturated carbocycles. The molecule has 0 N–H and O–H groups in total. The van der Waals surface area contributed by atoms with Gasteiger partial charge in [0, 0.05) is 13.2 Å². The first-order valence-corrected chi connectivity index (χ1v) is 8.85. The van der Waals surface area contributed by atoms with E-state index >= 15 is 0 Å². The van der Waals surface area contributed by atoms with Crippen LogP contribution < -0.4 is 0 Å². The van der Waals surface area contributed by atoms with Crippen molar-refractivity contribution in [2.45, 2.75) is 97.8 Å². The van der Waals surface area contributed by atoms with E-state index in [1.54, 1.807) is 0 Å². The topological polar surface area (TPSA) is 9.23 Å². The molecule has 0 bridgehead atoms. The fourth-order valence-electron chi connectivity index (χ4n) is 2.39. The van der Waals surface area contributed by atoms with Crippen LogP contribution in [0.15, 0.2) is 0 Å². The summed E-state index contributed by atoms with van der Waals surface area (Å²) in [5, 5.41) is 0. The highest BCUT2D eigenvalue weighted by atomic mass is 16.5. The van der Waals surface area contributed by atoms with Gasteiger partial charge in [-0.25, -0.2) is 0 Å². The van der Waals surface area contributed by atoms with Crippen LogP contribution in [-0.4, -0.2) is 13.2 Å². The van der Waals surface area contributed by atoms with Gasteiger partial charge < -0.3 is 4.74 Å². The predicted octanol–water partition coefficient (Wildman–Crippen LogP) is 6.36. The van der Waals surface area contributed by atoms with Crippen LogP contribution in [0.5, 0.6) is 0 Å². The van der Waals surface area contributed by atoms with E-state index in [1.807, 2.05) is 0 Å². The smallest absolute Gasteiger partial charge is 0.0466 e. The molecule has 0 aliphatic carbocycles. The summed E-state index contributed by atoms with van der Waals surface area (Å²) in [4.78, 5) is 0. The first-order chi connectivity index (χ1) is 9.27. The molecular formula is C18H38O. The van der Waals surface area contributed by atoms with Crippen molar-refractivity contribution < 1.29 is 4.74 Å². The Hall–Kier alpha value is -0.0400. The molecule has 19 heavy (non-hydrogen) atoms. The Kier molecular flexibility index (Phi) is 16.0. The van der Waals surface area contributed by atoms with Crippen molar-refractivity contribution in [1.29, 1.82) is 0 Å². The molecule has 1 nitrogen and oxygen atoms in total. The monoisotopic (exact) mass is 270 g/mol. The maximum absolute atomic E-state index is 5.66. The molecule has 0 saturated heterocycles. The molecule has 0 fully saturated rings. The van der Waals surface area contributed by atoms with Gasteiger partial charge in [0.15, 0.2) is 0 Å². The minimum Gasteiger partial charge on any atom is -0.381 e. The highest BCUT2D eigenvalue weighted by Gasteiger charge is 1.95. The SMILES string of the molecule is CCCCCCCCCCCCOCCCC(C)C. The van der Waals surface area contributed by atoms with Crippen molar-refractivity contribution >= 4 is 0 Å². The Balaban J connectivity index is 2.91. The molecule has 0 atom stereocenters. The molecule has 0 aromatic rings. The summed E-state index contributed by atoms with van der Waals surface area (Å²) in [6, 6.07) is 0. The lowest BCUT2D eigenvalue weighted by molar-refractivity contribution is 0.124. The predicted molar refractivity (Wildman–Crippen MR) is 86.7 cm³/mol. The number of hydrogen-bond acceptors (Lipinski definition) is 1. The highest BCUT2D eigenvalue weighted by Crippen LogP contribution is 2.10. The second-order valence-electron chi connectivity index (χ2n) is 6.33. The third-order valence-corrected chi connectivity index (χ3v) is 3.71. The van der Waals surface area contributed by atoms with Gasteiger partial charge in [0.25, 0.3) is 0 Å². The largest absolute Gasteiger partial charge is 0.381 e. The van der Waals surface area contributed by atoms with Crippen LogP contribution in [0.25, 0.3) is 0 Å². The van der Waals surface area contributed by atoms with E-state index in [2.05, 4.69) is 20.8 Å². The van der Waals surface area contributed by atoms with Gasteiger partial charge in [0.05, 0.1) is 0 Å². The zero-order chi connectivity index (χ0) is 14.2. The minimum atomic E-state index is 0.820. The van der Waals surface area contributed by atoms with Crippen molar-refractivity contribution in [2.24, 2.45) is 5.92 Å². The van der Waals surface area contributed by atoms with Crippen molar-refractivity contribution in [2.75, 3.05) is 13.2 Å². The van der Waals surface area contributed by atoms with Crippen molar-refractivity contribution in [3.63, 3.8) is 0 Å². The van der Waals surface area contributed by atoms with Gasteiger partial charge in [-0.3, -0.25) is 0 Å². The Labute approximate surface area is 122 Å². The zero-order valence-corrected chi connectivity index (χ0v) is 13.9. The van der Waals surface area contributed by atoms with Gasteiger partial charge in [0.2, 0.25) is 0 Å². The number of ether oxygens (including phenoxy) is 1. The van der Waals surface area contributed by atoms with E-state index in [0.717, 1.165) is 19.1 Å². The summed E-state index contributed by atoms with van der Waals surface area (Å²) in [5.41, 5.74) is 0. The average molecular weight is 271 g/mol. The molecule has 1 heteroatoms. The fourth-order valence-corrected chi connectivity index (χ4v) is 2.39. The number of rotatable bonds is 15. The highest BCUT2D eigenvalue weighted by molar-refractivity contribution is 4.48. The molecule has 0 radical (unpaired) electrons. The summed E-state index contributed by atoms with van der Waals surface area (Å²) >= 11 is 0. The van der Waals surface area contributed by atoms with Crippen LogP contribution in [0.4, 0.5) is 0 Å². The quantitative estimate of drug-likeness (QED) is 0.315. The molecule has 116 valence electrons. The van der Waals surface area contributed by atoms with Gasteiger partial charge in [0.1, 0.15) is 0 Å². The van der Waals surface area contributed by atoms with Crippen LogP contribution in [0.3, 0.4) is 0 Å². The Bertz CT molecular complexity index is 154. The van der Waals surface area contributed by atoms with Gasteiger partial charge in [-0.05, 0) is 25.2 Å². The Morgan fingerprint density at radius 2 is 1.11 bits per heavy atom. The van der Waals surface area contributed by atoms with E-state index < -0.39 is 0 Å². The van der Waals surface area contributed by atoms with Gasteiger partial charge in [-0.15, -0.1) is 0 Å². The lowest BCUT2D eigenvalue weighted by Crippen LogP contribution is -1.99. The second-order valence-corrected chi connectivity index (χ2v) is 6.33. The summed E-state index contributed by atoms with van der Waals surface area (Å²) in [7, 11) is 0. The average Bonchev–Trinajstić information content (AvgIpc) is 2.39. The Morgan fingerprint density at radius 1 is 0.632 bits per heavy atom. The molecule has 0 aliphatic heterocycles. The standard InChI is InChI=1S/C18H38O/c1-4-5-6-7-8-9-10-11-12-13-16-19-17-14-15-18(2)3/h18H,4-17H2,1-3H3. The fraction of sp³-hybridized carbons (Fsp3) is 1.00. The molecule has 0 aliphatic rings. The first-order valence-electron chi connectivity index (χ1n) is 8.85. The molecule has 0 rings (SSSR count). The molecule has 0 heterocycles. The third-order valence-electron chi connectivity index (χ3n) is 3.71. The second kappa shape index (κ2) is 16.0. The minimum absolute atomic E-state index is 0.820. The van der Waals surface area contributed by atoms with E-state index in [-0.39, 0.29) is 0 Å². The third kappa shape index (κ3) is 18.0. The van der Waals surface area contributed by atoms with Gasteiger partial charge in [-0.1, -0.05) is 78.6 Å². The number of unbranched alkanes of at least 4 members (excludes halogenated alkanes) is 9. The Morgan fingerprint density at radius 3 is 1.63 bits per heavy atom. The maximum Gasteiger partial charge on any atom is 0.0466 e. The van der Waals surface area contributed by atoms with Crippen LogP contribution in [0.2, 0.25) is 0 Å². The summed E-state index contributed by atoms with van der Waals surface area (Å²) in [6.45, 7) is 8.79. The van der Waals surface area contributed by atoms with E-state index in [0.29, 0.717) is 0 Å². The lowest BCUT2D eigenvalue weighted by atomic mass is 10.1. The van der Waals surface area contributed by atoms with E-state index in [9.17, 15) is 0 Å². The number of hydrogen-bond donors (Lipinski definition) is 0. The molecule has 0 aromatic heterocycles. The molecule has 0 unspecified atom stereocenters. The van der Waals surface area contributed by atoms with Crippen molar-refractivity contribution in [3.8, 4) is 0 Å². The van der Waals surface area contributed by atoms with E-state index in [4.69, 9.17) is 4.74 Å². The lowest BCUT2D eigenvalue weighted by Gasteiger charge is -2.06. The molecule has 0 aromatic carbocycles. The van der Waals surface area contributed by atoms with Crippen LogP contribution >= 0.6 is 0 Å². The van der Waals surface area contributed by atoms with Crippen LogP contribution in [0.1, 0.15) is 97.8 Å². The van der Waals surface area contributed by atoms with E-state index in [1.165, 1.54) is 77.0 Å².